The Kier molecular flexibility index (Phi) is 5.15. The molecule has 0 spiro atoms. The molecule has 1 aromatic rings. The highest BCUT2D eigenvalue weighted by atomic mass is 16.5. The molecule has 0 unspecified atom stereocenters. The summed E-state index contributed by atoms with van der Waals surface area (Å²) in [6, 6.07) is 5.24. The van der Waals surface area contributed by atoms with Crippen molar-refractivity contribution in [2.24, 2.45) is 5.73 Å². The molecular weight excluding hydrogens is 282 g/mol. The molecule has 6 nitrogen and oxygen atoms in total. The number of nitrogens with one attached hydrogen (secondary N) is 1. The molecule has 0 bridgehead atoms. The lowest BCUT2D eigenvalue weighted by Gasteiger charge is -2.35. The van der Waals surface area contributed by atoms with Gasteiger partial charge in [-0.1, -0.05) is 0 Å². The second-order valence-corrected chi connectivity index (χ2v) is 5.77. The summed E-state index contributed by atoms with van der Waals surface area (Å²) in [4.78, 5) is 25.7. The molecule has 0 aromatic heterocycles. The summed E-state index contributed by atoms with van der Waals surface area (Å²) < 4.78 is 5.65. The van der Waals surface area contributed by atoms with Gasteiger partial charge in [0, 0.05) is 37.8 Å². The quantitative estimate of drug-likeness (QED) is 0.883. The summed E-state index contributed by atoms with van der Waals surface area (Å²) >= 11 is 0. The van der Waals surface area contributed by atoms with Crippen LogP contribution in [0.15, 0.2) is 18.2 Å². The molecule has 1 aromatic carbocycles. The molecule has 2 atom stereocenters. The molecular formula is C16H23N3O3. The van der Waals surface area contributed by atoms with Crippen LogP contribution in [0.3, 0.4) is 0 Å². The summed E-state index contributed by atoms with van der Waals surface area (Å²) in [6.45, 7) is 6.77. The summed E-state index contributed by atoms with van der Waals surface area (Å²) in [5.74, 6) is -0.245. The number of carbonyl (C=O) groups excluding carboxylic acids is 2. The SMILES string of the molecule is CC(=O)Nc1cc(CN)cc(C(=O)N2C[C@@H](C)O[C@@H](C)C2)c1. The Labute approximate surface area is 130 Å². The number of amides is 2. The van der Waals surface area contributed by atoms with Crippen molar-refractivity contribution in [1.82, 2.24) is 4.90 Å². The van der Waals surface area contributed by atoms with Crippen LogP contribution in [0.5, 0.6) is 0 Å². The zero-order valence-corrected chi connectivity index (χ0v) is 13.3. The van der Waals surface area contributed by atoms with Crippen LogP contribution in [0.1, 0.15) is 36.7 Å². The molecule has 120 valence electrons. The molecule has 0 radical (unpaired) electrons. The van der Waals surface area contributed by atoms with Gasteiger partial charge in [-0.3, -0.25) is 9.59 Å². The highest BCUT2D eigenvalue weighted by Crippen LogP contribution is 2.19. The fourth-order valence-electron chi connectivity index (χ4n) is 2.74. The average Bonchev–Trinajstić information content (AvgIpc) is 2.44. The van der Waals surface area contributed by atoms with Gasteiger partial charge in [0.1, 0.15) is 0 Å². The molecule has 6 heteroatoms. The van der Waals surface area contributed by atoms with Gasteiger partial charge >= 0.3 is 0 Å². The topological polar surface area (TPSA) is 84.7 Å². The minimum atomic E-state index is -0.179. The lowest BCUT2D eigenvalue weighted by atomic mass is 10.1. The van der Waals surface area contributed by atoms with Gasteiger partial charge in [0.05, 0.1) is 12.2 Å². The maximum Gasteiger partial charge on any atom is 0.254 e. The summed E-state index contributed by atoms with van der Waals surface area (Å²) in [6.07, 6.45) is 0.0282. The van der Waals surface area contributed by atoms with Crippen LogP contribution in [-0.2, 0) is 16.1 Å². The summed E-state index contributed by atoms with van der Waals surface area (Å²) in [5, 5.41) is 2.71. The lowest BCUT2D eigenvalue weighted by molar-refractivity contribution is -0.114. The molecule has 0 aliphatic carbocycles. The van der Waals surface area contributed by atoms with E-state index in [-0.39, 0.29) is 24.0 Å². The second-order valence-electron chi connectivity index (χ2n) is 5.77. The first-order chi connectivity index (χ1) is 10.4. The fraction of sp³-hybridized carbons (Fsp3) is 0.500. The van der Waals surface area contributed by atoms with E-state index < -0.39 is 0 Å². The predicted octanol–water partition coefficient (Wildman–Crippen LogP) is 1.35. The van der Waals surface area contributed by atoms with Crippen LogP contribution in [0.4, 0.5) is 5.69 Å². The van der Waals surface area contributed by atoms with Crippen molar-refractivity contribution >= 4 is 17.5 Å². The van der Waals surface area contributed by atoms with Gasteiger partial charge in [-0.2, -0.15) is 0 Å². The molecule has 22 heavy (non-hydrogen) atoms. The zero-order valence-electron chi connectivity index (χ0n) is 13.3. The fourth-order valence-corrected chi connectivity index (χ4v) is 2.74. The Bertz CT molecular complexity index is 564. The van der Waals surface area contributed by atoms with E-state index in [1.54, 1.807) is 23.1 Å². The molecule has 1 aliphatic rings. The first kappa shape index (κ1) is 16.5. The van der Waals surface area contributed by atoms with Crippen molar-refractivity contribution < 1.29 is 14.3 Å². The van der Waals surface area contributed by atoms with Gasteiger partial charge in [-0.05, 0) is 37.6 Å². The highest BCUT2D eigenvalue weighted by Gasteiger charge is 2.26. The molecule has 1 fully saturated rings. The van der Waals surface area contributed by atoms with Crippen LogP contribution in [0, 0.1) is 0 Å². The number of hydrogen-bond acceptors (Lipinski definition) is 4. The van der Waals surface area contributed by atoms with Crippen LogP contribution in [-0.4, -0.2) is 42.0 Å². The first-order valence-electron chi connectivity index (χ1n) is 7.45. The molecule has 1 heterocycles. The average molecular weight is 305 g/mol. The largest absolute Gasteiger partial charge is 0.372 e. The third kappa shape index (κ3) is 4.05. The highest BCUT2D eigenvalue weighted by molar-refractivity contribution is 5.97. The molecule has 1 saturated heterocycles. The van der Waals surface area contributed by atoms with Crippen molar-refractivity contribution in [1.29, 1.82) is 0 Å². The third-order valence-electron chi connectivity index (χ3n) is 3.50. The smallest absolute Gasteiger partial charge is 0.254 e. The Balaban J connectivity index is 2.26. The van der Waals surface area contributed by atoms with E-state index in [4.69, 9.17) is 10.5 Å². The number of hydrogen-bond donors (Lipinski definition) is 2. The van der Waals surface area contributed by atoms with Crippen molar-refractivity contribution in [3.8, 4) is 0 Å². The van der Waals surface area contributed by atoms with Crippen LogP contribution < -0.4 is 11.1 Å². The number of nitrogens with two attached hydrogens (primary N) is 1. The van der Waals surface area contributed by atoms with Crippen LogP contribution in [0.2, 0.25) is 0 Å². The maximum absolute atomic E-state index is 12.7. The van der Waals surface area contributed by atoms with Gasteiger partial charge in [-0.25, -0.2) is 0 Å². The van der Waals surface area contributed by atoms with E-state index in [9.17, 15) is 9.59 Å². The number of rotatable bonds is 3. The van der Waals surface area contributed by atoms with Crippen molar-refractivity contribution in [2.75, 3.05) is 18.4 Å². The lowest BCUT2D eigenvalue weighted by Crippen LogP contribution is -2.48. The van der Waals surface area contributed by atoms with E-state index in [2.05, 4.69) is 5.32 Å². The van der Waals surface area contributed by atoms with Gasteiger partial charge in [0.15, 0.2) is 0 Å². The van der Waals surface area contributed by atoms with E-state index in [1.807, 2.05) is 13.8 Å². The number of benzene rings is 1. The standard InChI is InChI=1S/C16H23N3O3/c1-10-8-19(9-11(2)22-10)16(21)14-4-13(7-17)5-15(6-14)18-12(3)20/h4-6,10-11H,7-9,17H2,1-3H3,(H,18,20)/t10-,11+. The summed E-state index contributed by atoms with van der Waals surface area (Å²) in [7, 11) is 0. The van der Waals surface area contributed by atoms with E-state index in [0.717, 1.165) is 5.56 Å². The van der Waals surface area contributed by atoms with E-state index >= 15 is 0 Å². The Morgan fingerprint density at radius 2 is 1.91 bits per heavy atom. The first-order valence-corrected chi connectivity index (χ1v) is 7.45. The van der Waals surface area contributed by atoms with Crippen molar-refractivity contribution in [2.45, 2.75) is 39.5 Å². The molecule has 2 rings (SSSR count). The Morgan fingerprint density at radius 3 is 2.45 bits per heavy atom. The minimum absolute atomic E-state index is 0.0141. The van der Waals surface area contributed by atoms with Crippen molar-refractivity contribution in [3.05, 3.63) is 29.3 Å². The predicted molar refractivity (Wildman–Crippen MR) is 84.5 cm³/mol. The third-order valence-corrected chi connectivity index (χ3v) is 3.50. The Hall–Kier alpha value is -1.92. The van der Waals surface area contributed by atoms with Gasteiger partial charge in [-0.15, -0.1) is 0 Å². The van der Waals surface area contributed by atoms with E-state index in [1.165, 1.54) is 6.92 Å². The number of nitrogens with zero attached hydrogens (tertiary/aromatic N) is 1. The van der Waals surface area contributed by atoms with Crippen LogP contribution in [0.25, 0.3) is 0 Å². The molecule has 3 N–H and O–H groups in total. The monoisotopic (exact) mass is 305 g/mol. The normalized spacial score (nSPS) is 21.5. The van der Waals surface area contributed by atoms with Crippen LogP contribution >= 0.6 is 0 Å². The number of ether oxygens (including phenoxy) is 1. The molecule has 2 amide bonds. The molecule has 0 saturated carbocycles. The number of anilines is 1. The van der Waals surface area contributed by atoms with Crippen molar-refractivity contribution in [3.63, 3.8) is 0 Å². The Morgan fingerprint density at radius 1 is 1.27 bits per heavy atom. The second kappa shape index (κ2) is 6.89. The van der Waals surface area contributed by atoms with Gasteiger partial charge in [0.25, 0.3) is 5.91 Å². The maximum atomic E-state index is 12.7. The number of carbonyl (C=O) groups is 2. The number of morpholine rings is 1. The molecule has 1 aliphatic heterocycles. The van der Waals surface area contributed by atoms with Gasteiger partial charge in [0.2, 0.25) is 5.91 Å². The van der Waals surface area contributed by atoms with Gasteiger partial charge < -0.3 is 20.7 Å². The summed E-state index contributed by atoms with van der Waals surface area (Å²) in [5.41, 5.74) is 7.62. The zero-order chi connectivity index (χ0) is 16.3. The minimum Gasteiger partial charge on any atom is -0.372 e. The van der Waals surface area contributed by atoms with E-state index in [0.29, 0.717) is 30.9 Å².